The molecule has 7 aliphatic rings. The molecule has 2 aliphatic heterocycles. The van der Waals surface area contributed by atoms with Crippen LogP contribution in [0.1, 0.15) is 151 Å². The SMILES string of the molecule is [O-]C1C(c2ccc3cccc4c3c2NC(C2CCCCC2)(C2CCCCC2)N4)C([O-])C1c1ccc2cccc3c2c1NC(C1CCCCC1)(C1CCCCC1)N3. The summed E-state index contributed by atoms with van der Waals surface area (Å²) >= 11 is 0. The standard InChI is InChI=1S/C50H62N4O2/c55-47-43(37-29-27-31-15-13-25-39-41(31)45(37)53-49(51-39,33-17-5-1-6-18-33)34-19-7-2-8-20-34)48(56)44(47)38-30-28-32-16-14-26-40-42(32)46(38)54-50(52-40,35-21-9-3-10-22-35)36-23-11-4-12-24-36/h13-16,25-30,33-36,43-44,47-48,51-54H,1-12,17-24H2/q-2. The summed E-state index contributed by atoms with van der Waals surface area (Å²) in [4.78, 5) is 0. The Bertz CT molecular complexity index is 1890. The van der Waals surface area contributed by atoms with Crippen molar-refractivity contribution >= 4 is 44.3 Å². The molecule has 6 nitrogen and oxygen atoms in total. The molecular weight excluding hydrogens is 689 g/mol. The average Bonchev–Trinajstić information content (AvgIpc) is 3.26. The van der Waals surface area contributed by atoms with E-state index < -0.39 is 24.0 Å². The third-order valence-electron chi connectivity index (χ3n) is 16.6. The van der Waals surface area contributed by atoms with Crippen LogP contribution in [0.2, 0.25) is 0 Å². The van der Waals surface area contributed by atoms with Crippen LogP contribution in [0.15, 0.2) is 60.7 Å². The van der Waals surface area contributed by atoms with Gasteiger partial charge in [0.15, 0.2) is 0 Å². The first-order chi connectivity index (χ1) is 27.6. The van der Waals surface area contributed by atoms with Crippen molar-refractivity contribution in [2.45, 2.75) is 164 Å². The molecule has 0 amide bonds. The Hall–Kier alpha value is -3.48. The molecule has 5 fully saturated rings. The zero-order valence-corrected chi connectivity index (χ0v) is 33.4. The van der Waals surface area contributed by atoms with Gasteiger partial charge in [-0.25, -0.2) is 0 Å². The summed E-state index contributed by atoms with van der Waals surface area (Å²) in [6.45, 7) is 0. The molecule has 11 rings (SSSR count). The van der Waals surface area contributed by atoms with E-state index in [9.17, 15) is 0 Å². The van der Waals surface area contributed by atoms with Crippen molar-refractivity contribution < 1.29 is 10.2 Å². The van der Waals surface area contributed by atoms with E-state index in [-0.39, 0.29) is 11.3 Å². The van der Waals surface area contributed by atoms with E-state index >= 15 is 10.2 Å². The highest BCUT2D eigenvalue weighted by Gasteiger charge is 2.52. The smallest absolute Gasteiger partial charge is 0.113 e. The van der Waals surface area contributed by atoms with Gasteiger partial charge in [0.05, 0.1) is 0 Å². The minimum atomic E-state index is -1.01. The maximum atomic E-state index is 15.1. The Morgan fingerprint density at radius 2 is 0.732 bits per heavy atom. The van der Waals surface area contributed by atoms with Crippen molar-refractivity contribution in [3.63, 3.8) is 0 Å². The minimum absolute atomic E-state index is 0.254. The Balaban J connectivity index is 0.992. The van der Waals surface area contributed by atoms with Crippen LogP contribution in [0.4, 0.5) is 22.7 Å². The van der Waals surface area contributed by atoms with Crippen molar-refractivity contribution in [1.82, 2.24) is 0 Å². The summed E-state index contributed by atoms with van der Waals surface area (Å²) in [5.41, 5.74) is 5.93. The molecule has 0 spiro atoms. The number of benzene rings is 4. The highest BCUT2D eigenvalue weighted by molar-refractivity contribution is 6.08. The van der Waals surface area contributed by atoms with Gasteiger partial charge in [-0.2, -0.15) is 0 Å². The highest BCUT2D eigenvalue weighted by atomic mass is 16.3. The molecule has 0 aromatic heterocycles. The molecule has 4 aromatic carbocycles. The maximum Gasteiger partial charge on any atom is 0.113 e. The second-order valence-electron chi connectivity index (χ2n) is 19.4. The van der Waals surface area contributed by atoms with E-state index in [0.717, 1.165) is 33.3 Å². The molecule has 4 aromatic rings. The van der Waals surface area contributed by atoms with Gasteiger partial charge in [0.25, 0.3) is 0 Å². The number of nitrogens with one attached hydrogen (secondary N) is 4. The molecule has 0 saturated heterocycles. The molecule has 5 aliphatic carbocycles. The molecule has 0 radical (unpaired) electrons. The number of rotatable bonds is 6. The third-order valence-corrected chi connectivity index (χ3v) is 16.6. The number of anilines is 4. The normalized spacial score (nSPS) is 29.5. The molecule has 0 unspecified atom stereocenters. The molecule has 0 bridgehead atoms. The maximum absolute atomic E-state index is 15.1. The van der Waals surface area contributed by atoms with Gasteiger partial charge < -0.3 is 31.5 Å². The predicted molar refractivity (Wildman–Crippen MR) is 227 cm³/mol. The van der Waals surface area contributed by atoms with Crippen molar-refractivity contribution in [2.24, 2.45) is 23.7 Å². The zero-order chi connectivity index (χ0) is 37.4. The molecule has 4 N–H and O–H groups in total. The van der Waals surface area contributed by atoms with Crippen LogP contribution in [0.3, 0.4) is 0 Å². The Morgan fingerprint density at radius 1 is 0.393 bits per heavy atom. The first kappa shape index (κ1) is 35.7. The van der Waals surface area contributed by atoms with Gasteiger partial charge in [-0.05, 0) is 97.2 Å². The van der Waals surface area contributed by atoms with Gasteiger partial charge in [0.1, 0.15) is 11.3 Å². The first-order valence-corrected chi connectivity index (χ1v) is 23.1. The zero-order valence-electron chi connectivity index (χ0n) is 33.4. The quantitative estimate of drug-likeness (QED) is 0.157. The highest BCUT2D eigenvalue weighted by Crippen LogP contribution is 2.58. The molecule has 296 valence electrons. The fourth-order valence-electron chi connectivity index (χ4n) is 13.8. The van der Waals surface area contributed by atoms with E-state index in [4.69, 9.17) is 0 Å². The van der Waals surface area contributed by atoms with Crippen molar-refractivity contribution in [2.75, 3.05) is 21.3 Å². The summed E-state index contributed by atoms with van der Waals surface area (Å²) in [6, 6.07) is 21.9. The van der Waals surface area contributed by atoms with Gasteiger partial charge in [-0.15, -0.1) is 12.2 Å². The van der Waals surface area contributed by atoms with E-state index in [1.165, 1.54) is 151 Å². The molecule has 5 saturated carbocycles. The van der Waals surface area contributed by atoms with E-state index in [1.807, 2.05) is 0 Å². The summed E-state index contributed by atoms with van der Waals surface area (Å²) in [7, 11) is 0. The second-order valence-corrected chi connectivity index (χ2v) is 19.4. The average molecular weight is 751 g/mol. The van der Waals surface area contributed by atoms with Crippen LogP contribution in [-0.4, -0.2) is 23.5 Å². The van der Waals surface area contributed by atoms with Crippen LogP contribution < -0.4 is 31.5 Å². The Morgan fingerprint density at radius 3 is 1.07 bits per heavy atom. The van der Waals surface area contributed by atoms with E-state index in [0.29, 0.717) is 23.7 Å². The third kappa shape index (κ3) is 5.47. The summed E-state index contributed by atoms with van der Waals surface area (Å²) in [5.74, 6) is 0.895. The first-order valence-electron chi connectivity index (χ1n) is 23.1. The lowest BCUT2D eigenvalue weighted by Gasteiger charge is -2.63. The minimum Gasteiger partial charge on any atom is -0.851 e. The van der Waals surface area contributed by atoms with Crippen molar-refractivity contribution in [3.05, 3.63) is 71.8 Å². The second kappa shape index (κ2) is 14.1. The Kier molecular flexibility index (Phi) is 8.99. The van der Waals surface area contributed by atoms with E-state index in [1.54, 1.807) is 0 Å². The molecular formula is C50H62N4O2-2. The fourth-order valence-corrected chi connectivity index (χ4v) is 13.8. The molecule has 56 heavy (non-hydrogen) atoms. The van der Waals surface area contributed by atoms with Crippen LogP contribution in [0.5, 0.6) is 0 Å². The Labute approximate surface area is 334 Å². The summed E-state index contributed by atoms with van der Waals surface area (Å²) < 4.78 is 0. The lowest BCUT2D eigenvalue weighted by atomic mass is 9.61. The predicted octanol–water partition coefficient (Wildman–Crippen LogP) is 10.7. The topological polar surface area (TPSA) is 94.2 Å². The lowest BCUT2D eigenvalue weighted by molar-refractivity contribution is -0.535. The monoisotopic (exact) mass is 750 g/mol. The number of hydrogen-bond donors (Lipinski definition) is 4. The van der Waals surface area contributed by atoms with Gasteiger partial charge in [0, 0.05) is 57.2 Å². The largest absolute Gasteiger partial charge is 0.851 e. The fraction of sp³-hybridized carbons (Fsp3) is 0.600. The van der Waals surface area contributed by atoms with E-state index in [2.05, 4.69) is 81.9 Å². The van der Waals surface area contributed by atoms with Gasteiger partial charge in [0.2, 0.25) is 0 Å². The summed E-state index contributed by atoms with van der Waals surface area (Å²) in [6.07, 6.45) is 23.3. The van der Waals surface area contributed by atoms with Gasteiger partial charge >= 0.3 is 0 Å². The van der Waals surface area contributed by atoms with Crippen LogP contribution >= 0.6 is 0 Å². The lowest BCUT2D eigenvalue weighted by Crippen LogP contribution is -2.65. The summed E-state index contributed by atoms with van der Waals surface area (Å²) in [5, 5.41) is 51.8. The van der Waals surface area contributed by atoms with Crippen molar-refractivity contribution in [1.29, 1.82) is 0 Å². The molecule has 2 heterocycles. The van der Waals surface area contributed by atoms with Gasteiger partial charge in [-0.3, -0.25) is 0 Å². The molecule has 6 heteroatoms. The van der Waals surface area contributed by atoms with Crippen LogP contribution in [0.25, 0.3) is 21.5 Å². The van der Waals surface area contributed by atoms with Crippen LogP contribution in [0, 0.1) is 23.7 Å². The van der Waals surface area contributed by atoms with Crippen molar-refractivity contribution in [3.8, 4) is 0 Å². The van der Waals surface area contributed by atoms with Gasteiger partial charge in [-0.1, -0.05) is 126 Å². The van der Waals surface area contributed by atoms with Crippen LogP contribution in [-0.2, 0) is 0 Å². The number of hydrogen-bond acceptors (Lipinski definition) is 6. The molecule has 0 atom stereocenters.